The molecule has 1 fully saturated rings. The van der Waals surface area contributed by atoms with E-state index in [9.17, 15) is 9.59 Å². The van der Waals surface area contributed by atoms with Crippen molar-refractivity contribution in [3.05, 3.63) is 35.4 Å². The third-order valence-electron chi connectivity index (χ3n) is 2.88. The van der Waals surface area contributed by atoms with Gasteiger partial charge in [-0.3, -0.25) is 9.59 Å². The van der Waals surface area contributed by atoms with Crippen LogP contribution in [0.15, 0.2) is 24.3 Å². The van der Waals surface area contributed by atoms with Crippen LogP contribution in [0.4, 0.5) is 0 Å². The van der Waals surface area contributed by atoms with Crippen molar-refractivity contribution in [2.45, 2.75) is 18.9 Å². The largest absolute Gasteiger partial charge is 0.354 e. The number of amides is 2. The Labute approximate surface area is 105 Å². The van der Waals surface area contributed by atoms with Crippen molar-refractivity contribution < 1.29 is 9.59 Å². The first-order chi connectivity index (χ1) is 8.69. The van der Waals surface area contributed by atoms with Crippen LogP contribution in [0.3, 0.4) is 0 Å². The molecule has 1 atom stereocenters. The molecule has 0 aromatic heterocycles. The second kappa shape index (κ2) is 5.32. The Balaban J connectivity index is 1.95. The van der Waals surface area contributed by atoms with Crippen molar-refractivity contribution in [1.29, 1.82) is 5.26 Å². The van der Waals surface area contributed by atoms with Gasteiger partial charge in [0.1, 0.15) is 0 Å². The zero-order valence-electron chi connectivity index (χ0n) is 9.77. The molecule has 0 saturated carbocycles. The average molecular weight is 243 g/mol. The molecule has 0 spiro atoms. The molecule has 0 bridgehead atoms. The quantitative estimate of drug-likeness (QED) is 0.796. The second-order valence-corrected chi connectivity index (χ2v) is 4.20. The van der Waals surface area contributed by atoms with Crippen molar-refractivity contribution in [3.8, 4) is 6.07 Å². The van der Waals surface area contributed by atoms with Crippen molar-refractivity contribution in [3.63, 3.8) is 0 Å². The molecule has 5 heteroatoms. The van der Waals surface area contributed by atoms with Gasteiger partial charge in [-0.25, -0.2) is 0 Å². The SMILES string of the molecule is N#Cc1ccc(C(=O)NC2CCC(=O)NC2)cc1. The maximum atomic E-state index is 11.9. The number of carbonyl (C=O) groups is 2. The monoisotopic (exact) mass is 243 g/mol. The average Bonchev–Trinajstić information content (AvgIpc) is 2.41. The molecule has 92 valence electrons. The van der Waals surface area contributed by atoms with Crippen LogP contribution in [0, 0.1) is 11.3 Å². The van der Waals surface area contributed by atoms with E-state index in [1.54, 1.807) is 24.3 Å². The summed E-state index contributed by atoms with van der Waals surface area (Å²) in [6.07, 6.45) is 1.10. The van der Waals surface area contributed by atoms with Crippen LogP contribution in [0.1, 0.15) is 28.8 Å². The number of nitrogens with one attached hydrogen (secondary N) is 2. The Bertz CT molecular complexity index is 492. The zero-order chi connectivity index (χ0) is 13.0. The summed E-state index contributed by atoms with van der Waals surface area (Å²) in [5, 5.41) is 14.2. The molecule has 1 aliphatic rings. The molecule has 0 radical (unpaired) electrons. The minimum atomic E-state index is -0.180. The lowest BCUT2D eigenvalue weighted by Crippen LogP contribution is -2.47. The molecule has 0 aliphatic carbocycles. The molecule has 1 aromatic rings. The van der Waals surface area contributed by atoms with Gasteiger partial charge in [-0.2, -0.15) is 5.26 Å². The fraction of sp³-hybridized carbons (Fsp3) is 0.308. The first-order valence-electron chi connectivity index (χ1n) is 5.77. The van der Waals surface area contributed by atoms with Crippen LogP contribution < -0.4 is 10.6 Å². The number of benzene rings is 1. The van der Waals surface area contributed by atoms with Gasteiger partial charge in [-0.05, 0) is 30.7 Å². The Morgan fingerprint density at radius 3 is 2.67 bits per heavy atom. The van der Waals surface area contributed by atoms with Crippen LogP contribution in [0.25, 0.3) is 0 Å². The summed E-state index contributed by atoms with van der Waals surface area (Å²) in [6.45, 7) is 0.473. The first kappa shape index (κ1) is 12.1. The van der Waals surface area contributed by atoms with Gasteiger partial charge in [0, 0.05) is 24.6 Å². The van der Waals surface area contributed by atoms with E-state index < -0.39 is 0 Å². The summed E-state index contributed by atoms with van der Waals surface area (Å²) in [5.41, 5.74) is 1.04. The van der Waals surface area contributed by atoms with Gasteiger partial charge in [-0.1, -0.05) is 0 Å². The number of rotatable bonds is 2. The van der Waals surface area contributed by atoms with Crippen LogP contribution in [-0.2, 0) is 4.79 Å². The summed E-state index contributed by atoms with van der Waals surface area (Å²) in [7, 11) is 0. The van der Waals surface area contributed by atoms with Crippen molar-refractivity contribution in [1.82, 2.24) is 10.6 Å². The number of nitriles is 1. The third-order valence-corrected chi connectivity index (χ3v) is 2.88. The Hall–Kier alpha value is -2.35. The van der Waals surface area contributed by atoms with Gasteiger partial charge >= 0.3 is 0 Å². The van der Waals surface area contributed by atoms with Crippen molar-refractivity contribution >= 4 is 11.8 Å². The van der Waals surface area contributed by atoms with E-state index in [0.29, 0.717) is 30.5 Å². The molecule has 1 saturated heterocycles. The van der Waals surface area contributed by atoms with Crippen LogP contribution in [0.2, 0.25) is 0 Å². The number of carbonyl (C=O) groups excluding carboxylic acids is 2. The number of piperidine rings is 1. The molecule has 5 nitrogen and oxygen atoms in total. The van der Waals surface area contributed by atoms with Crippen LogP contribution in [-0.4, -0.2) is 24.4 Å². The van der Waals surface area contributed by atoms with Gasteiger partial charge in [0.05, 0.1) is 11.6 Å². The maximum absolute atomic E-state index is 11.9. The van der Waals surface area contributed by atoms with Crippen LogP contribution in [0.5, 0.6) is 0 Å². The van der Waals surface area contributed by atoms with Crippen molar-refractivity contribution in [2.75, 3.05) is 6.54 Å². The lowest BCUT2D eigenvalue weighted by molar-refractivity contribution is -0.122. The normalized spacial score (nSPS) is 18.6. The molecule has 1 unspecified atom stereocenters. The molecule has 1 aliphatic heterocycles. The lowest BCUT2D eigenvalue weighted by Gasteiger charge is -2.23. The first-order valence-corrected chi connectivity index (χ1v) is 5.77. The highest BCUT2D eigenvalue weighted by atomic mass is 16.2. The Kier molecular flexibility index (Phi) is 3.58. The fourth-order valence-corrected chi connectivity index (χ4v) is 1.82. The fourth-order valence-electron chi connectivity index (χ4n) is 1.82. The van der Waals surface area contributed by atoms with E-state index in [1.165, 1.54) is 0 Å². The number of hydrogen-bond donors (Lipinski definition) is 2. The maximum Gasteiger partial charge on any atom is 0.251 e. The van der Waals surface area contributed by atoms with E-state index in [4.69, 9.17) is 5.26 Å². The highest BCUT2D eigenvalue weighted by Gasteiger charge is 2.19. The molecular weight excluding hydrogens is 230 g/mol. The predicted molar refractivity (Wildman–Crippen MR) is 64.7 cm³/mol. The molecular formula is C13H13N3O2. The van der Waals surface area contributed by atoms with Gasteiger partial charge in [0.25, 0.3) is 5.91 Å². The standard InChI is InChI=1S/C13H13N3O2/c14-7-9-1-3-10(4-2-9)13(18)16-11-5-6-12(17)15-8-11/h1-4,11H,5-6,8H2,(H,15,17)(H,16,18). The van der Waals surface area contributed by atoms with Crippen LogP contribution >= 0.6 is 0 Å². The van der Waals surface area contributed by atoms with Gasteiger partial charge < -0.3 is 10.6 Å². The van der Waals surface area contributed by atoms with Gasteiger partial charge in [0.2, 0.25) is 5.91 Å². The summed E-state index contributed by atoms with van der Waals surface area (Å²) >= 11 is 0. The van der Waals surface area contributed by atoms with E-state index in [0.717, 1.165) is 0 Å². The number of nitrogens with zero attached hydrogens (tertiary/aromatic N) is 1. The molecule has 18 heavy (non-hydrogen) atoms. The highest BCUT2D eigenvalue weighted by molar-refractivity contribution is 5.94. The van der Waals surface area contributed by atoms with Gasteiger partial charge in [0.15, 0.2) is 0 Å². The second-order valence-electron chi connectivity index (χ2n) is 4.20. The van der Waals surface area contributed by atoms with E-state index in [1.807, 2.05) is 6.07 Å². The highest BCUT2D eigenvalue weighted by Crippen LogP contribution is 2.06. The lowest BCUT2D eigenvalue weighted by atomic mass is 10.1. The zero-order valence-corrected chi connectivity index (χ0v) is 9.77. The molecule has 1 heterocycles. The molecule has 2 rings (SSSR count). The van der Waals surface area contributed by atoms with E-state index in [-0.39, 0.29) is 17.9 Å². The molecule has 2 N–H and O–H groups in total. The number of hydrogen-bond acceptors (Lipinski definition) is 3. The minimum Gasteiger partial charge on any atom is -0.354 e. The molecule has 1 aromatic carbocycles. The topological polar surface area (TPSA) is 82.0 Å². The third kappa shape index (κ3) is 2.86. The smallest absolute Gasteiger partial charge is 0.251 e. The summed E-state index contributed by atoms with van der Waals surface area (Å²) in [4.78, 5) is 22.9. The summed E-state index contributed by atoms with van der Waals surface area (Å²) in [5.74, 6) is -0.153. The van der Waals surface area contributed by atoms with E-state index >= 15 is 0 Å². The van der Waals surface area contributed by atoms with Crippen molar-refractivity contribution in [2.24, 2.45) is 0 Å². The molecule has 2 amide bonds. The van der Waals surface area contributed by atoms with E-state index in [2.05, 4.69) is 10.6 Å². The predicted octanol–water partition coefficient (Wildman–Crippen LogP) is 0.567. The van der Waals surface area contributed by atoms with Gasteiger partial charge in [-0.15, -0.1) is 0 Å². The Morgan fingerprint density at radius 2 is 2.11 bits per heavy atom. The Morgan fingerprint density at radius 1 is 1.39 bits per heavy atom. The summed E-state index contributed by atoms with van der Waals surface area (Å²) in [6, 6.07) is 8.44. The minimum absolute atomic E-state index is 0.0224. The summed E-state index contributed by atoms with van der Waals surface area (Å²) < 4.78 is 0.